The summed E-state index contributed by atoms with van der Waals surface area (Å²) in [5.74, 6) is 0. The van der Waals surface area contributed by atoms with Gasteiger partial charge in [0.15, 0.2) is 10.9 Å². The molecule has 0 N–H and O–H groups in total. The molecule has 0 fully saturated rings. The molecule has 0 aliphatic carbocycles. The number of fused-ring (bicyclic) bond motifs is 9. The van der Waals surface area contributed by atoms with Crippen LogP contribution in [-0.2, 0) is 0 Å². The second-order valence-electron chi connectivity index (χ2n) is 6.82. The van der Waals surface area contributed by atoms with Gasteiger partial charge in [-0.15, -0.1) is 0 Å². The van der Waals surface area contributed by atoms with Crippen molar-refractivity contribution in [1.82, 2.24) is 0 Å². The van der Waals surface area contributed by atoms with Gasteiger partial charge in [0.25, 0.3) is 0 Å². The van der Waals surface area contributed by atoms with Crippen LogP contribution in [0.15, 0.2) is 82.4 Å². The molecule has 0 heterocycles. The van der Waals surface area contributed by atoms with E-state index in [1.54, 1.807) is 0 Å². The first-order valence-corrected chi connectivity index (χ1v) is 8.63. The van der Waals surface area contributed by atoms with Crippen LogP contribution < -0.4 is 10.9 Å². The van der Waals surface area contributed by atoms with Crippen molar-refractivity contribution in [2.75, 3.05) is 0 Å². The highest BCUT2D eigenvalue weighted by Gasteiger charge is 2.18. The van der Waals surface area contributed by atoms with Crippen LogP contribution in [0.5, 0.6) is 0 Å². The van der Waals surface area contributed by atoms with Gasteiger partial charge in [0.05, 0.1) is 0 Å². The minimum absolute atomic E-state index is 0.0399. The zero-order valence-electron chi connectivity index (χ0n) is 13.7. The number of hydrogen-bond acceptors (Lipinski definition) is 2. The average molecular weight is 332 g/mol. The molecule has 0 spiro atoms. The standard InChI is InChI=1S/C24H12O2/c25-23-18-8-4-2-6-15(18)21-19(23)12-10-13-9-11-16-14-5-1-3-7-17(14)24(26)22(16)20(13)21/h1-12H. The van der Waals surface area contributed by atoms with Crippen LogP contribution in [0.1, 0.15) is 0 Å². The third kappa shape index (κ3) is 1.48. The molecule has 0 amide bonds. The van der Waals surface area contributed by atoms with Crippen molar-refractivity contribution in [2.45, 2.75) is 0 Å². The smallest absolute Gasteiger partial charge is 0.194 e. The largest absolute Gasteiger partial charge is 0.289 e. The topological polar surface area (TPSA) is 34.1 Å². The van der Waals surface area contributed by atoms with Crippen molar-refractivity contribution < 1.29 is 0 Å². The normalized spacial score (nSPS) is 12.2. The molecular formula is C24H12O2. The number of hydrogen-bond donors (Lipinski definition) is 0. The molecule has 6 rings (SSSR count). The van der Waals surface area contributed by atoms with E-state index in [0.717, 1.165) is 48.5 Å². The summed E-state index contributed by atoms with van der Waals surface area (Å²) in [7, 11) is 0. The van der Waals surface area contributed by atoms with Crippen molar-refractivity contribution in [3.05, 3.63) is 93.2 Å². The second kappa shape index (κ2) is 4.55. The SMILES string of the molecule is O=c1c2ccccc2c2c1ccc1ccc3c4ccccc4c(=O)c3c12. The molecule has 0 saturated carbocycles. The van der Waals surface area contributed by atoms with E-state index in [1.165, 1.54) is 0 Å². The van der Waals surface area contributed by atoms with Crippen LogP contribution in [0.2, 0.25) is 0 Å². The Morgan fingerprint density at radius 2 is 0.923 bits per heavy atom. The van der Waals surface area contributed by atoms with E-state index in [9.17, 15) is 9.59 Å². The first kappa shape index (κ1) is 13.7. The van der Waals surface area contributed by atoms with Crippen molar-refractivity contribution >= 4 is 53.9 Å². The lowest BCUT2D eigenvalue weighted by molar-refractivity contribution is 1.80. The van der Waals surface area contributed by atoms with E-state index in [-0.39, 0.29) is 10.9 Å². The van der Waals surface area contributed by atoms with Gasteiger partial charge < -0.3 is 0 Å². The fraction of sp³-hybridized carbons (Fsp3) is 0. The molecular weight excluding hydrogens is 320 g/mol. The summed E-state index contributed by atoms with van der Waals surface area (Å²) in [5.41, 5.74) is 0.0875. The molecule has 0 unspecified atom stereocenters. The number of benzene rings is 4. The van der Waals surface area contributed by atoms with E-state index in [0.29, 0.717) is 5.39 Å². The highest BCUT2D eigenvalue weighted by molar-refractivity contribution is 6.32. The predicted molar refractivity (Wildman–Crippen MR) is 109 cm³/mol. The van der Waals surface area contributed by atoms with Gasteiger partial charge in [-0.05, 0) is 27.6 Å². The van der Waals surface area contributed by atoms with Gasteiger partial charge in [-0.1, -0.05) is 66.7 Å². The lowest BCUT2D eigenvalue weighted by atomic mass is 9.99. The minimum Gasteiger partial charge on any atom is -0.289 e. The molecule has 6 aromatic carbocycles. The van der Waals surface area contributed by atoms with E-state index >= 15 is 0 Å². The monoisotopic (exact) mass is 332 g/mol. The van der Waals surface area contributed by atoms with Crippen LogP contribution in [0.4, 0.5) is 0 Å². The van der Waals surface area contributed by atoms with Crippen LogP contribution in [0.3, 0.4) is 0 Å². The molecule has 2 nitrogen and oxygen atoms in total. The van der Waals surface area contributed by atoms with Gasteiger partial charge >= 0.3 is 0 Å². The third-order valence-electron chi connectivity index (χ3n) is 5.56. The van der Waals surface area contributed by atoms with Crippen LogP contribution in [-0.4, -0.2) is 0 Å². The molecule has 2 heteroatoms. The summed E-state index contributed by atoms with van der Waals surface area (Å²) in [6.45, 7) is 0. The zero-order valence-corrected chi connectivity index (χ0v) is 13.7. The molecule has 0 radical (unpaired) electrons. The predicted octanol–water partition coefficient (Wildman–Crippen LogP) is 5.05. The molecule has 0 saturated heterocycles. The van der Waals surface area contributed by atoms with Gasteiger partial charge in [0.2, 0.25) is 0 Å². The quantitative estimate of drug-likeness (QED) is 0.390. The maximum absolute atomic E-state index is 13.2. The Bertz CT molecular complexity index is 1610. The number of rotatable bonds is 0. The highest BCUT2D eigenvalue weighted by atomic mass is 16.1. The Morgan fingerprint density at radius 3 is 1.65 bits per heavy atom. The summed E-state index contributed by atoms with van der Waals surface area (Å²) in [5, 5.41) is 8.54. The van der Waals surface area contributed by atoms with Crippen molar-refractivity contribution in [3.63, 3.8) is 0 Å². The van der Waals surface area contributed by atoms with Crippen LogP contribution >= 0.6 is 0 Å². The Balaban J connectivity index is 2.07. The van der Waals surface area contributed by atoms with Crippen molar-refractivity contribution in [2.24, 2.45) is 0 Å². The van der Waals surface area contributed by atoms with Crippen LogP contribution in [0.25, 0.3) is 53.9 Å². The van der Waals surface area contributed by atoms with E-state index in [1.807, 2.05) is 66.7 Å². The molecule has 6 aromatic rings. The van der Waals surface area contributed by atoms with Gasteiger partial charge in [-0.25, -0.2) is 0 Å². The fourth-order valence-corrected chi connectivity index (χ4v) is 4.44. The van der Waals surface area contributed by atoms with Gasteiger partial charge in [0.1, 0.15) is 0 Å². The Kier molecular flexibility index (Phi) is 2.41. The lowest BCUT2D eigenvalue weighted by Gasteiger charge is -2.03. The van der Waals surface area contributed by atoms with Gasteiger partial charge in [-0.3, -0.25) is 9.59 Å². The summed E-state index contributed by atoms with van der Waals surface area (Å²) in [6, 6.07) is 23.3. The molecule has 0 atom stereocenters. The summed E-state index contributed by atoms with van der Waals surface area (Å²) >= 11 is 0. The lowest BCUT2D eigenvalue weighted by Crippen LogP contribution is -1.96. The second-order valence-corrected chi connectivity index (χ2v) is 6.82. The van der Waals surface area contributed by atoms with E-state index in [4.69, 9.17) is 0 Å². The van der Waals surface area contributed by atoms with Crippen molar-refractivity contribution in [1.29, 1.82) is 0 Å². The molecule has 0 aliphatic rings. The Hall–Kier alpha value is -3.52. The van der Waals surface area contributed by atoms with Crippen LogP contribution in [0, 0.1) is 0 Å². The first-order chi connectivity index (χ1) is 12.8. The Morgan fingerprint density at radius 1 is 0.385 bits per heavy atom. The fourth-order valence-electron chi connectivity index (χ4n) is 4.44. The van der Waals surface area contributed by atoms with E-state index < -0.39 is 0 Å². The molecule has 0 bridgehead atoms. The zero-order chi connectivity index (χ0) is 17.4. The Labute approximate surface area is 147 Å². The molecule has 120 valence electrons. The summed E-state index contributed by atoms with van der Waals surface area (Å²) < 4.78 is 0. The average Bonchev–Trinajstić information content (AvgIpc) is 3.15. The van der Waals surface area contributed by atoms with Gasteiger partial charge in [0, 0.05) is 32.3 Å². The maximum atomic E-state index is 13.2. The third-order valence-corrected chi connectivity index (χ3v) is 5.56. The van der Waals surface area contributed by atoms with Crippen molar-refractivity contribution in [3.8, 4) is 0 Å². The van der Waals surface area contributed by atoms with Gasteiger partial charge in [-0.2, -0.15) is 0 Å². The maximum Gasteiger partial charge on any atom is 0.194 e. The highest BCUT2D eigenvalue weighted by Crippen LogP contribution is 2.37. The molecule has 0 aliphatic heterocycles. The first-order valence-electron chi connectivity index (χ1n) is 8.63. The summed E-state index contributed by atoms with van der Waals surface area (Å²) in [4.78, 5) is 26.1. The minimum atomic E-state index is 0.0399. The molecule has 26 heavy (non-hydrogen) atoms. The molecule has 0 aromatic heterocycles. The summed E-state index contributed by atoms with van der Waals surface area (Å²) in [6.07, 6.45) is 0. The van der Waals surface area contributed by atoms with E-state index in [2.05, 4.69) is 6.07 Å².